The Hall–Kier alpha value is -4.31. The number of carbonyl (C=O) groups excluding carboxylic acids is 2. The van der Waals surface area contributed by atoms with E-state index in [1.54, 1.807) is 38.4 Å². The van der Waals surface area contributed by atoms with Crippen LogP contribution < -0.4 is 4.74 Å². The van der Waals surface area contributed by atoms with E-state index in [4.69, 9.17) is 9.47 Å². The zero-order valence-electron chi connectivity index (χ0n) is 20.6. The van der Waals surface area contributed by atoms with Crippen molar-refractivity contribution in [2.24, 2.45) is 0 Å². The molecule has 0 saturated carbocycles. The van der Waals surface area contributed by atoms with Gasteiger partial charge in [0.15, 0.2) is 0 Å². The lowest BCUT2D eigenvalue weighted by atomic mass is 10.1. The van der Waals surface area contributed by atoms with Crippen molar-refractivity contribution in [3.8, 4) is 17.5 Å². The van der Waals surface area contributed by atoms with Crippen molar-refractivity contribution in [3.63, 3.8) is 0 Å². The van der Waals surface area contributed by atoms with E-state index in [1.807, 2.05) is 67.8 Å². The summed E-state index contributed by atoms with van der Waals surface area (Å²) in [7, 11) is 3.17. The second-order valence-corrected chi connectivity index (χ2v) is 8.19. The molecule has 0 aliphatic rings. The Balaban J connectivity index is 1.91. The van der Waals surface area contributed by atoms with Crippen LogP contribution in [0.2, 0.25) is 0 Å². The van der Waals surface area contributed by atoms with Crippen molar-refractivity contribution in [1.29, 1.82) is 5.26 Å². The Morgan fingerprint density at radius 3 is 2.31 bits per heavy atom. The Kier molecular flexibility index (Phi) is 8.11. The molecule has 35 heavy (non-hydrogen) atoms. The molecule has 0 aliphatic heterocycles. The predicted molar refractivity (Wildman–Crippen MR) is 134 cm³/mol. The number of esters is 1. The molecule has 2 aromatic carbocycles. The highest BCUT2D eigenvalue weighted by Crippen LogP contribution is 2.26. The molecule has 0 radical (unpaired) electrons. The van der Waals surface area contributed by atoms with Crippen LogP contribution in [0.15, 0.2) is 66.2 Å². The molecule has 180 valence electrons. The third-order valence-corrected chi connectivity index (χ3v) is 5.51. The van der Waals surface area contributed by atoms with E-state index in [2.05, 4.69) is 0 Å². The first-order chi connectivity index (χ1) is 16.8. The van der Waals surface area contributed by atoms with Crippen LogP contribution in [0.5, 0.6) is 5.75 Å². The number of aryl methyl sites for hydroxylation is 1. The molecule has 0 saturated heterocycles. The minimum absolute atomic E-state index is 0.190. The molecule has 1 heterocycles. The second-order valence-electron chi connectivity index (χ2n) is 8.19. The van der Waals surface area contributed by atoms with Gasteiger partial charge in [-0.3, -0.25) is 4.79 Å². The average Bonchev–Trinajstić information content (AvgIpc) is 3.14. The lowest BCUT2D eigenvalue weighted by Gasteiger charge is -2.21. The number of nitrogens with zero attached hydrogens (tertiary/aromatic N) is 3. The van der Waals surface area contributed by atoms with Crippen LogP contribution in [0.25, 0.3) is 11.8 Å². The summed E-state index contributed by atoms with van der Waals surface area (Å²) >= 11 is 0. The van der Waals surface area contributed by atoms with Gasteiger partial charge in [0.2, 0.25) is 6.10 Å². The summed E-state index contributed by atoms with van der Waals surface area (Å²) in [5.74, 6) is -0.466. The van der Waals surface area contributed by atoms with E-state index in [9.17, 15) is 14.9 Å². The maximum atomic E-state index is 13.0. The Labute approximate surface area is 205 Å². The molecule has 0 aliphatic carbocycles. The highest BCUT2D eigenvalue weighted by Gasteiger charge is 2.28. The van der Waals surface area contributed by atoms with Gasteiger partial charge in [0.1, 0.15) is 17.4 Å². The van der Waals surface area contributed by atoms with Crippen molar-refractivity contribution in [3.05, 3.63) is 88.8 Å². The number of aromatic nitrogens is 1. The molecule has 0 unspecified atom stereocenters. The first-order valence-corrected chi connectivity index (χ1v) is 11.3. The van der Waals surface area contributed by atoms with Crippen molar-refractivity contribution >= 4 is 18.0 Å². The third kappa shape index (κ3) is 5.79. The maximum absolute atomic E-state index is 13.0. The molecule has 1 amide bonds. The molecule has 0 bridgehead atoms. The van der Waals surface area contributed by atoms with Crippen molar-refractivity contribution in [2.75, 3.05) is 20.7 Å². The lowest BCUT2D eigenvalue weighted by Crippen LogP contribution is -2.31. The SMILES string of the molecule is CCOc1ccc(-n2c(C)cc(/C=C(\C#N)C(=O)O[C@H](C(=O)N(C)C)c3ccccc3)c2C)cc1. The van der Waals surface area contributed by atoms with Gasteiger partial charge in [-0.2, -0.15) is 5.26 Å². The van der Waals surface area contributed by atoms with Gasteiger partial charge in [-0.1, -0.05) is 30.3 Å². The molecular formula is C28H29N3O4. The first-order valence-electron chi connectivity index (χ1n) is 11.3. The molecule has 1 atom stereocenters. The number of nitriles is 1. The Morgan fingerprint density at radius 2 is 1.74 bits per heavy atom. The minimum atomic E-state index is -1.15. The van der Waals surface area contributed by atoms with E-state index in [1.165, 1.54) is 11.0 Å². The highest BCUT2D eigenvalue weighted by molar-refractivity contribution is 5.99. The van der Waals surface area contributed by atoms with Crippen molar-refractivity contribution < 1.29 is 19.1 Å². The predicted octanol–water partition coefficient (Wildman–Crippen LogP) is 4.77. The van der Waals surface area contributed by atoms with Gasteiger partial charge < -0.3 is 18.9 Å². The van der Waals surface area contributed by atoms with Gasteiger partial charge in [-0.15, -0.1) is 0 Å². The zero-order valence-corrected chi connectivity index (χ0v) is 20.6. The quantitative estimate of drug-likeness (QED) is 0.268. The molecule has 7 nitrogen and oxygen atoms in total. The number of hydrogen-bond donors (Lipinski definition) is 0. The first kappa shape index (κ1) is 25.3. The maximum Gasteiger partial charge on any atom is 0.350 e. The van der Waals surface area contributed by atoms with Crippen LogP contribution in [0.3, 0.4) is 0 Å². The van der Waals surface area contributed by atoms with Crippen LogP contribution in [0.1, 0.15) is 35.5 Å². The Bertz CT molecular complexity index is 1270. The summed E-state index contributed by atoms with van der Waals surface area (Å²) in [4.78, 5) is 27.0. The van der Waals surface area contributed by atoms with E-state index in [0.717, 1.165) is 22.8 Å². The summed E-state index contributed by atoms with van der Waals surface area (Å²) in [5.41, 5.74) is 3.78. The van der Waals surface area contributed by atoms with Gasteiger partial charge in [0.05, 0.1) is 6.61 Å². The van der Waals surface area contributed by atoms with Crippen molar-refractivity contribution in [2.45, 2.75) is 26.9 Å². The highest BCUT2D eigenvalue weighted by atomic mass is 16.5. The van der Waals surface area contributed by atoms with Gasteiger partial charge in [0.25, 0.3) is 5.91 Å². The monoisotopic (exact) mass is 471 g/mol. The van der Waals surface area contributed by atoms with E-state index < -0.39 is 18.0 Å². The lowest BCUT2D eigenvalue weighted by molar-refractivity contribution is -0.156. The molecule has 0 spiro atoms. The standard InChI is InChI=1S/C28H29N3O4/c1-6-34-25-14-12-24(13-15-25)31-19(2)16-22(20(31)3)17-23(18-29)28(33)35-26(27(32)30(4)5)21-10-8-7-9-11-21/h7-17,26H,6H2,1-5H3/b23-17+/t26-/m0/s1. The van der Waals surface area contributed by atoms with E-state index in [0.29, 0.717) is 17.7 Å². The summed E-state index contributed by atoms with van der Waals surface area (Å²) in [6.45, 7) is 6.39. The molecule has 3 rings (SSSR count). The number of amides is 1. The zero-order chi connectivity index (χ0) is 25.5. The van der Waals surface area contributed by atoms with Gasteiger partial charge in [-0.25, -0.2) is 4.79 Å². The fraction of sp³-hybridized carbons (Fsp3) is 0.250. The molecule has 1 aromatic heterocycles. The number of benzene rings is 2. The van der Waals surface area contributed by atoms with Gasteiger partial charge in [0, 0.05) is 36.7 Å². The van der Waals surface area contributed by atoms with Crippen LogP contribution >= 0.6 is 0 Å². The molecule has 3 aromatic rings. The van der Waals surface area contributed by atoms with Crippen molar-refractivity contribution in [1.82, 2.24) is 9.47 Å². The molecule has 0 N–H and O–H groups in total. The van der Waals surface area contributed by atoms with Crippen LogP contribution in [-0.2, 0) is 14.3 Å². The van der Waals surface area contributed by atoms with Gasteiger partial charge in [-0.05, 0) is 62.7 Å². The Morgan fingerprint density at radius 1 is 1.09 bits per heavy atom. The van der Waals surface area contributed by atoms with E-state index in [-0.39, 0.29) is 5.57 Å². The summed E-state index contributed by atoms with van der Waals surface area (Å²) in [6, 6.07) is 20.3. The normalized spacial score (nSPS) is 11.9. The number of ether oxygens (including phenoxy) is 2. The third-order valence-electron chi connectivity index (χ3n) is 5.51. The van der Waals surface area contributed by atoms with Crippen LogP contribution in [0.4, 0.5) is 0 Å². The van der Waals surface area contributed by atoms with Crippen LogP contribution in [-0.4, -0.2) is 42.0 Å². The minimum Gasteiger partial charge on any atom is -0.494 e. The molecule has 7 heteroatoms. The van der Waals surface area contributed by atoms with E-state index >= 15 is 0 Å². The number of hydrogen-bond acceptors (Lipinski definition) is 5. The van der Waals surface area contributed by atoms with Crippen LogP contribution in [0, 0.1) is 25.2 Å². The molecular weight excluding hydrogens is 442 g/mol. The van der Waals surface area contributed by atoms with Gasteiger partial charge >= 0.3 is 5.97 Å². The topological polar surface area (TPSA) is 84.6 Å². The molecule has 0 fully saturated rings. The average molecular weight is 472 g/mol. The fourth-order valence-corrected chi connectivity index (χ4v) is 3.78. The fourth-order valence-electron chi connectivity index (χ4n) is 3.78. The summed E-state index contributed by atoms with van der Waals surface area (Å²) < 4.78 is 13.1. The number of carbonyl (C=O) groups is 2. The number of likely N-dealkylation sites (N-methyl/N-ethyl adjacent to an activating group) is 1. The largest absolute Gasteiger partial charge is 0.494 e. The summed E-state index contributed by atoms with van der Waals surface area (Å²) in [5, 5.41) is 9.72. The smallest absolute Gasteiger partial charge is 0.350 e. The number of rotatable bonds is 8. The summed E-state index contributed by atoms with van der Waals surface area (Å²) in [6.07, 6.45) is 0.351. The second kappa shape index (κ2) is 11.2.